The molecule has 2 saturated carbocycles. The lowest BCUT2D eigenvalue weighted by Crippen LogP contribution is -2.54. The average Bonchev–Trinajstić information content (AvgIpc) is 2.81. The molecular weight excluding hydrogens is 268 g/mol. The Bertz CT molecular complexity index is 388. The van der Waals surface area contributed by atoms with Crippen LogP contribution in [0.3, 0.4) is 0 Å². The van der Waals surface area contributed by atoms with Gasteiger partial charge in [-0.05, 0) is 26.2 Å². The van der Waals surface area contributed by atoms with Crippen molar-refractivity contribution in [1.82, 2.24) is 5.32 Å². The summed E-state index contributed by atoms with van der Waals surface area (Å²) in [4.78, 5) is 5.00. The Balaban J connectivity index is 1.61. The van der Waals surface area contributed by atoms with Gasteiger partial charge in [-0.2, -0.15) is 0 Å². The third-order valence-electron chi connectivity index (χ3n) is 5.43. The summed E-state index contributed by atoms with van der Waals surface area (Å²) in [6.07, 6.45) is 8.29. The fourth-order valence-corrected chi connectivity index (χ4v) is 5.05. The monoisotopic (exact) mass is 296 g/mol. The molecule has 0 aromatic heterocycles. The van der Waals surface area contributed by atoms with Gasteiger partial charge in [0.15, 0.2) is 5.17 Å². The Morgan fingerprint density at radius 3 is 2.70 bits per heavy atom. The van der Waals surface area contributed by atoms with Gasteiger partial charge >= 0.3 is 0 Å². The number of hydrogen-bond donors (Lipinski definition) is 1. The molecule has 2 aliphatic carbocycles. The highest BCUT2D eigenvalue weighted by Gasteiger charge is 2.50. The lowest BCUT2D eigenvalue weighted by Gasteiger charge is -2.49. The number of ether oxygens (including phenoxy) is 1. The van der Waals surface area contributed by atoms with Crippen LogP contribution in [0.5, 0.6) is 0 Å². The summed E-state index contributed by atoms with van der Waals surface area (Å²) >= 11 is 1.94. The van der Waals surface area contributed by atoms with E-state index >= 15 is 0 Å². The predicted octanol–water partition coefficient (Wildman–Crippen LogP) is 3.59. The van der Waals surface area contributed by atoms with E-state index in [4.69, 9.17) is 9.73 Å². The maximum atomic E-state index is 5.80. The lowest BCUT2D eigenvalue weighted by molar-refractivity contribution is -0.103. The van der Waals surface area contributed by atoms with Crippen molar-refractivity contribution in [3.8, 4) is 0 Å². The van der Waals surface area contributed by atoms with Crippen LogP contribution in [0.25, 0.3) is 0 Å². The highest BCUT2D eigenvalue weighted by Crippen LogP contribution is 2.46. The molecule has 0 aromatic carbocycles. The van der Waals surface area contributed by atoms with Gasteiger partial charge < -0.3 is 10.1 Å². The van der Waals surface area contributed by atoms with Crippen molar-refractivity contribution in [2.24, 2.45) is 10.4 Å². The van der Waals surface area contributed by atoms with Gasteiger partial charge in [0, 0.05) is 23.3 Å². The predicted molar refractivity (Wildman–Crippen MR) is 86.4 cm³/mol. The van der Waals surface area contributed by atoms with E-state index < -0.39 is 0 Å². The molecule has 3 fully saturated rings. The fourth-order valence-electron chi connectivity index (χ4n) is 3.78. The van der Waals surface area contributed by atoms with E-state index in [1.807, 2.05) is 11.8 Å². The molecule has 20 heavy (non-hydrogen) atoms. The smallest absolute Gasteiger partial charge is 0.157 e. The molecule has 2 atom stereocenters. The van der Waals surface area contributed by atoms with Gasteiger partial charge in [0.25, 0.3) is 0 Å². The van der Waals surface area contributed by atoms with Crippen LogP contribution < -0.4 is 5.32 Å². The molecule has 2 unspecified atom stereocenters. The van der Waals surface area contributed by atoms with Crippen molar-refractivity contribution in [3.05, 3.63) is 0 Å². The molecule has 1 saturated heterocycles. The minimum Gasteiger partial charge on any atom is -0.378 e. The molecule has 0 bridgehead atoms. The molecule has 114 valence electrons. The summed E-state index contributed by atoms with van der Waals surface area (Å²) in [5.41, 5.74) is 0.558. The summed E-state index contributed by atoms with van der Waals surface area (Å²) in [6.45, 7) is 7.48. The van der Waals surface area contributed by atoms with Crippen LogP contribution in [0.15, 0.2) is 4.99 Å². The fraction of sp³-hybridized carbons (Fsp3) is 0.938. The normalized spacial score (nSPS) is 36.9. The van der Waals surface area contributed by atoms with Crippen molar-refractivity contribution in [2.75, 3.05) is 12.4 Å². The first-order valence-corrected chi connectivity index (χ1v) is 9.15. The number of nitrogens with zero attached hydrogens (tertiary/aromatic N) is 1. The second-order valence-corrected chi connectivity index (χ2v) is 8.17. The Morgan fingerprint density at radius 1 is 1.30 bits per heavy atom. The molecule has 1 aliphatic heterocycles. The van der Waals surface area contributed by atoms with Gasteiger partial charge in [-0.3, -0.25) is 4.99 Å². The molecule has 0 amide bonds. The molecule has 3 aliphatic rings. The Morgan fingerprint density at radius 2 is 2.05 bits per heavy atom. The molecule has 3 nitrogen and oxygen atoms in total. The van der Waals surface area contributed by atoms with E-state index in [0.717, 1.165) is 13.0 Å². The molecule has 0 aromatic rings. The standard InChI is InChI=1S/C16H28N2OS/c1-4-19-13-10-12(15(13,2)3)17-14-18-16(11-20-14)8-6-5-7-9-16/h12-13H,4-11H2,1-3H3,(H,17,18). The summed E-state index contributed by atoms with van der Waals surface area (Å²) in [6, 6.07) is 0.424. The van der Waals surface area contributed by atoms with Gasteiger partial charge in [-0.15, -0.1) is 0 Å². The van der Waals surface area contributed by atoms with Crippen molar-refractivity contribution >= 4 is 16.9 Å². The largest absolute Gasteiger partial charge is 0.378 e. The lowest BCUT2D eigenvalue weighted by atomic mass is 9.65. The number of thioether (sulfide) groups is 1. The molecule has 3 rings (SSSR count). The number of amidine groups is 1. The van der Waals surface area contributed by atoms with Gasteiger partial charge in [-0.25, -0.2) is 0 Å². The third-order valence-corrected chi connectivity index (χ3v) is 6.61. The molecule has 1 spiro atoms. The first-order valence-electron chi connectivity index (χ1n) is 8.16. The van der Waals surface area contributed by atoms with E-state index in [9.17, 15) is 0 Å². The highest BCUT2D eigenvalue weighted by molar-refractivity contribution is 8.14. The Labute approximate surface area is 127 Å². The third kappa shape index (κ3) is 2.61. The topological polar surface area (TPSA) is 33.6 Å². The second kappa shape index (κ2) is 5.53. The average molecular weight is 296 g/mol. The van der Waals surface area contributed by atoms with Crippen LogP contribution in [-0.2, 0) is 4.74 Å². The van der Waals surface area contributed by atoms with Crippen LogP contribution in [0, 0.1) is 5.41 Å². The quantitative estimate of drug-likeness (QED) is 0.864. The summed E-state index contributed by atoms with van der Waals surface area (Å²) < 4.78 is 5.80. The Kier molecular flexibility index (Phi) is 4.06. The summed E-state index contributed by atoms with van der Waals surface area (Å²) in [7, 11) is 0. The first kappa shape index (κ1) is 14.7. The second-order valence-electron chi connectivity index (χ2n) is 7.21. The van der Waals surface area contributed by atoms with Gasteiger partial charge in [0.05, 0.1) is 12.1 Å². The van der Waals surface area contributed by atoms with Crippen LogP contribution >= 0.6 is 11.8 Å². The van der Waals surface area contributed by atoms with Crippen LogP contribution in [-0.4, -0.2) is 35.2 Å². The van der Waals surface area contributed by atoms with Crippen LogP contribution in [0.4, 0.5) is 0 Å². The molecule has 1 heterocycles. The van der Waals surface area contributed by atoms with Gasteiger partial charge in [0.1, 0.15) is 0 Å². The molecule has 0 radical (unpaired) electrons. The number of aliphatic imine (C=N–C) groups is 1. The van der Waals surface area contributed by atoms with Crippen molar-refractivity contribution < 1.29 is 4.74 Å². The van der Waals surface area contributed by atoms with Gasteiger partial charge in [-0.1, -0.05) is 44.9 Å². The highest BCUT2D eigenvalue weighted by atomic mass is 32.2. The van der Waals surface area contributed by atoms with Crippen molar-refractivity contribution in [3.63, 3.8) is 0 Å². The molecule has 1 N–H and O–H groups in total. The summed E-state index contributed by atoms with van der Waals surface area (Å²) in [5, 5.41) is 4.96. The maximum Gasteiger partial charge on any atom is 0.157 e. The van der Waals surface area contributed by atoms with Crippen LogP contribution in [0.2, 0.25) is 0 Å². The molecule has 4 heteroatoms. The van der Waals surface area contributed by atoms with Crippen molar-refractivity contribution in [1.29, 1.82) is 0 Å². The zero-order valence-corrected chi connectivity index (χ0v) is 13.9. The minimum absolute atomic E-state index is 0.188. The Hall–Kier alpha value is -0.220. The number of hydrogen-bond acceptors (Lipinski definition) is 3. The summed E-state index contributed by atoms with van der Waals surface area (Å²) in [5.74, 6) is 1.22. The number of nitrogens with one attached hydrogen (secondary N) is 1. The van der Waals surface area contributed by atoms with E-state index in [1.54, 1.807) is 0 Å². The maximum absolute atomic E-state index is 5.80. The van der Waals surface area contributed by atoms with E-state index in [1.165, 1.54) is 43.0 Å². The van der Waals surface area contributed by atoms with E-state index in [2.05, 4.69) is 26.1 Å². The minimum atomic E-state index is 0.188. The number of rotatable bonds is 3. The zero-order valence-electron chi connectivity index (χ0n) is 13.1. The zero-order chi connectivity index (χ0) is 14.2. The van der Waals surface area contributed by atoms with Gasteiger partial charge in [0.2, 0.25) is 0 Å². The van der Waals surface area contributed by atoms with Crippen LogP contribution in [0.1, 0.15) is 59.3 Å². The molecular formula is C16H28N2OS. The SMILES string of the molecule is CCOC1CC(N=C2NC3(CCCCC3)CS2)C1(C)C. The van der Waals surface area contributed by atoms with E-state index in [0.29, 0.717) is 17.7 Å². The van der Waals surface area contributed by atoms with Crippen molar-refractivity contribution in [2.45, 2.75) is 77.0 Å². The first-order chi connectivity index (χ1) is 9.56. The van der Waals surface area contributed by atoms with E-state index in [-0.39, 0.29) is 5.41 Å².